The number of aliphatic hydroxyl groups excluding tert-OH is 1. The van der Waals surface area contributed by atoms with E-state index in [1.807, 2.05) is 30.3 Å². The molecule has 1 aliphatic heterocycles. The summed E-state index contributed by atoms with van der Waals surface area (Å²) in [7, 11) is 0. The van der Waals surface area contributed by atoms with E-state index in [0.29, 0.717) is 13.1 Å². The molecule has 0 spiro atoms. The molecule has 1 heterocycles. The van der Waals surface area contributed by atoms with Gasteiger partial charge in [-0.1, -0.05) is 24.1 Å². The van der Waals surface area contributed by atoms with Crippen LogP contribution in [-0.2, 0) is 4.79 Å². The Kier molecular flexibility index (Phi) is 2.70. The van der Waals surface area contributed by atoms with E-state index in [9.17, 15) is 4.79 Å². The van der Waals surface area contributed by atoms with Gasteiger partial charge in [0.15, 0.2) is 0 Å². The Morgan fingerprint density at radius 1 is 1.33 bits per heavy atom. The number of aliphatic hydroxyl groups is 1. The molecular formula is C12H11NO2. The van der Waals surface area contributed by atoms with E-state index >= 15 is 0 Å². The van der Waals surface area contributed by atoms with Gasteiger partial charge >= 0.3 is 0 Å². The van der Waals surface area contributed by atoms with Gasteiger partial charge in [-0.3, -0.25) is 4.79 Å². The fourth-order valence-corrected chi connectivity index (χ4v) is 1.35. The van der Waals surface area contributed by atoms with Crippen LogP contribution in [0.15, 0.2) is 30.3 Å². The van der Waals surface area contributed by atoms with Crippen molar-refractivity contribution in [3.63, 3.8) is 0 Å². The summed E-state index contributed by atoms with van der Waals surface area (Å²) in [6.45, 7) is 0.810. The van der Waals surface area contributed by atoms with Gasteiger partial charge in [-0.2, -0.15) is 0 Å². The molecule has 0 aliphatic carbocycles. The molecule has 3 nitrogen and oxygen atoms in total. The molecule has 0 saturated carbocycles. The third-order valence-corrected chi connectivity index (χ3v) is 2.24. The maximum Gasteiger partial charge on any atom is 0.299 e. The zero-order valence-corrected chi connectivity index (χ0v) is 8.18. The summed E-state index contributed by atoms with van der Waals surface area (Å²) < 4.78 is 0. The van der Waals surface area contributed by atoms with E-state index in [1.165, 1.54) is 4.90 Å². The lowest BCUT2D eigenvalue weighted by Crippen LogP contribution is -2.53. The van der Waals surface area contributed by atoms with Crippen LogP contribution in [0.25, 0.3) is 0 Å². The molecule has 0 unspecified atom stereocenters. The largest absolute Gasteiger partial charge is 0.389 e. The fourth-order valence-electron chi connectivity index (χ4n) is 1.35. The Hall–Kier alpha value is -1.79. The predicted molar refractivity (Wildman–Crippen MR) is 55.9 cm³/mol. The van der Waals surface area contributed by atoms with Crippen molar-refractivity contribution < 1.29 is 9.90 Å². The highest BCUT2D eigenvalue weighted by molar-refractivity contribution is 5.94. The minimum Gasteiger partial charge on any atom is -0.389 e. The molecule has 0 radical (unpaired) electrons. The summed E-state index contributed by atoms with van der Waals surface area (Å²) in [4.78, 5) is 12.9. The predicted octanol–water partition coefficient (Wildman–Crippen LogP) is 0.241. The number of hydrogen-bond donors (Lipinski definition) is 1. The molecule has 3 heteroatoms. The van der Waals surface area contributed by atoms with Crippen LogP contribution in [0.4, 0.5) is 0 Å². The fraction of sp³-hybridized carbons (Fsp3) is 0.250. The van der Waals surface area contributed by atoms with Crippen LogP contribution >= 0.6 is 0 Å². The number of carbonyl (C=O) groups is 1. The zero-order chi connectivity index (χ0) is 10.7. The number of carbonyl (C=O) groups excluding carboxylic acids is 1. The van der Waals surface area contributed by atoms with Crippen molar-refractivity contribution in [2.24, 2.45) is 0 Å². The standard InChI is InChI=1S/C12H11NO2/c14-11-8-13(9-11)12(15)7-6-10-4-2-1-3-5-10/h1-5,11,14H,8-9H2. The lowest BCUT2D eigenvalue weighted by Gasteiger charge is -2.34. The van der Waals surface area contributed by atoms with E-state index in [4.69, 9.17) is 5.11 Å². The van der Waals surface area contributed by atoms with Crippen molar-refractivity contribution in [2.75, 3.05) is 13.1 Å². The molecule has 0 atom stereocenters. The molecule has 0 bridgehead atoms. The number of nitrogens with zero attached hydrogens (tertiary/aromatic N) is 1. The maximum atomic E-state index is 11.4. The maximum absolute atomic E-state index is 11.4. The first-order valence-corrected chi connectivity index (χ1v) is 4.80. The van der Waals surface area contributed by atoms with Crippen LogP contribution in [0.1, 0.15) is 5.56 Å². The molecule has 15 heavy (non-hydrogen) atoms. The molecule has 1 aromatic carbocycles. The first-order valence-electron chi connectivity index (χ1n) is 4.80. The summed E-state index contributed by atoms with van der Waals surface area (Å²) in [5.41, 5.74) is 0.826. The summed E-state index contributed by atoms with van der Waals surface area (Å²) >= 11 is 0. The van der Waals surface area contributed by atoms with Crippen LogP contribution in [0.2, 0.25) is 0 Å². The van der Waals surface area contributed by atoms with Crippen LogP contribution in [0.5, 0.6) is 0 Å². The number of β-amino-alcohol motifs (C(OH)–C–C–N with tert-alkyl or cyclic N) is 1. The topological polar surface area (TPSA) is 40.5 Å². The van der Waals surface area contributed by atoms with Crippen LogP contribution in [0, 0.1) is 11.8 Å². The van der Waals surface area contributed by atoms with Crippen molar-refractivity contribution >= 4 is 5.91 Å². The van der Waals surface area contributed by atoms with Crippen molar-refractivity contribution in [1.82, 2.24) is 4.90 Å². The van der Waals surface area contributed by atoms with E-state index in [0.717, 1.165) is 5.56 Å². The third kappa shape index (κ3) is 2.36. The van der Waals surface area contributed by atoms with Gasteiger partial charge in [0.2, 0.25) is 0 Å². The van der Waals surface area contributed by atoms with Gasteiger partial charge < -0.3 is 10.0 Å². The van der Waals surface area contributed by atoms with Crippen molar-refractivity contribution in [1.29, 1.82) is 0 Å². The van der Waals surface area contributed by atoms with Crippen molar-refractivity contribution in [3.8, 4) is 11.8 Å². The Labute approximate surface area is 88.3 Å². The highest BCUT2D eigenvalue weighted by Crippen LogP contribution is 2.06. The van der Waals surface area contributed by atoms with Gasteiger partial charge in [0.1, 0.15) is 0 Å². The lowest BCUT2D eigenvalue weighted by atomic mass is 10.1. The van der Waals surface area contributed by atoms with E-state index in [-0.39, 0.29) is 12.0 Å². The SMILES string of the molecule is O=C(C#Cc1ccccc1)N1CC(O)C1. The summed E-state index contributed by atoms with van der Waals surface area (Å²) in [5, 5.41) is 9.01. The highest BCUT2D eigenvalue weighted by Gasteiger charge is 2.27. The van der Waals surface area contributed by atoms with Gasteiger partial charge in [0, 0.05) is 24.6 Å². The van der Waals surface area contributed by atoms with Gasteiger partial charge in [-0.15, -0.1) is 0 Å². The first-order chi connectivity index (χ1) is 7.25. The Morgan fingerprint density at radius 3 is 2.60 bits per heavy atom. The van der Waals surface area contributed by atoms with Crippen LogP contribution < -0.4 is 0 Å². The van der Waals surface area contributed by atoms with Crippen LogP contribution in [-0.4, -0.2) is 35.1 Å². The third-order valence-electron chi connectivity index (χ3n) is 2.24. The summed E-state index contributed by atoms with van der Waals surface area (Å²) in [5.74, 6) is 5.11. The average molecular weight is 201 g/mol. The molecule has 76 valence electrons. The molecule has 1 N–H and O–H groups in total. The van der Waals surface area contributed by atoms with Crippen molar-refractivity contribution in [2.45, 2.75) is 6.10 Å². The number of benzene rings is 1. The van der Waals surface area contributed by atoms with Gasteiger partial charge in [0.25, 0.3) is 5.91 Å². The van der Waals surface area contributed by atoms with E-state index < -0.39 is 0 Å². The number of hydrogen-bond acceptors (Lipinski definition) is 2. The van der Waals surface area contributed by atoms with E-state index in [2.05, 4.69) is 11.8 Å². The second kappa shape index (κ2) is 4.16. The zero-order valence-electron chi connectivity index (χ0n) is 8.18. The Balaban J connectivity index is 1.97. The molecule has 1 aliphatic rings. The van der Waals surface area contributed by atoms with E-state index in [1.54, 1.807) is 0 Å². The van der Waals surface area contributed by atoms with Crippen molar-refractivity contribution in [3.05, 3.63) is 35.9 Å². The quantitative estimate of drug-likeness (QED) is 0.611. The molecule has 0 aromatic heterocycles. The normalized spacial score (nSPS) is 15.1. The smallest absolute Gasteiger partial charge is 0.299 e. The highest BCUT2D eigenvalue weighted by atomic mass is 16.3. The molecular weight excluding hydrogens is 190 g/mol. The summed E-state index contributed by atoms with van der Waals surface area (Å²) in [6.07, 6.45) is -0.368. The molecule has 1 aromatic rings. The lowest BCUT2D eigenvalue weighted by molar-refractivity contribution is -0.134. The number of amides is 1. The second-order valence-corrected chi connectivity index (χ2v) is 3.48. The molecule has 2 rings (SSSR count). The second-order valence-electron chi connectivity index (χ2n) is 3.48. The van der Waals surface area contributed by atoms with Crippen LogP contribution in [0.3, 0.4) is 0 Å². The van der Waals surface area contributed by atoms with Gasteiger partial charge in [-0.25, -0.2) is 0 Å². The first kappa shape index (κ1) is 9.75. The molecule has 1 fully saturated rings. The van der Waals surface area contributed by atoms with Gasteiger partial charge in [-0.05, 0) is 12.1 Å². The number of likely N-dealkylation sites (tertiary alicyclic amines) is 1. The number of rotatable bonds is 0. The molecule has 1 saturated heterocycles. The Morgan fingerprint density at radius 2 is 2.00 bits per heavy atom. The van der Waals surface area contributed by atoms with Gasteiger partial charge in [0.05, 0.1) is 6.10 Å². The summed E-state index contributed by atoms with van der Waals surface area (Å²) in [6, 6.07) is 9.36. The molecule has 1 amide bonds. The monoisotopic (exact) mass is 201 g/mol. The minimum atomic E-state index is -0.368. The Bertz CT molecular complexity index is 410. The minimum absolute atomic E-state index is 0.218. The average Bonchev–Trinajstić information content (AvgIpc) is 2.23.